The van der Waals surface area contributed by atoms with E-state index in [0.29, 0.717) is 6.61 Å². The first-order valence-corrected chi connectivity index (χ1v) is 4.80. The van der Waals surface area contributed by atoms with Gasteiger partial charge in [0.1, 0.15) is 6.61 Å². The summed E-state index contributed by atoms with van der Waals surface area (Å²) in [4.78, 5) is 10.7. The highest BCUT2D eigenvalue weighted by Gasteiger charge is 2.08. The van der Waals surface area contributed by atoms with Crippen molar-refractivity contribution < 1.29 is 14.3 Å². The molecule has 0 aliphatic carbocycles. The quantitative estimate of drug-likeness (QED) is 0.582. The molecular formula is C10H20O3. The lowest BCUT2D eigenvalue weighted by Gasteiger charge is -2.15. The van der Waals surface area contributed by atoms with Crippen molar-refractivity contribution in [3.63, 3.8) is 0 Å². The van der Waals surface area contributed by atoms with Crippen molar-refractivity contribution in [3.05, 3.63) is 0 Å². The number of hydrogen-bond acceptors (Lipinski definition) is 3. The molecule has 1 atom stereocenters. The van der Waals surface area contributed by atoms with Gasteiger partial charge in [-0.15, -0.1) is 0 Å². The van der Waals surface area contributed by atoms with E-state index in [1.165, 1.54) is 6.92 Å². The van der Waals surface area contributed by atoms with Crippen molar-refractivity contribution in [2.24, 2.45) is 0 Å². The zero-order chi connectivity index (χ0) is 10.1. The SMILES string of the molecule is CCCCC(COC)OCC(C)=O. The van der Waals surface area contributed by atoms with Crippen molar-refractivity contribution in [2.75, 3.05) is 20.3 Å². The van der Waals surface area contributed by atoms with Crippen LogP contribution < -0.4 is 0 Å². The highest BCUT2D eigenvalue weighted by atomic mass is 16.5. The van der Waals surface area contributed by atoms with Crippen LogP contribution in [0.2, 0.25) is 0 Å². The van der Waals surface area contributed by atoms with E-state index in [0.717, 1.165) is 19.3 Å². The Balaban J connectivity index is 3.59. The van der Waals surface area contributed by atoms with Crippen molar-refractivity contribution in [1.29, 1.82) is 0 Å². The van der Waals surface area contributed by atoms with Gasteiger partial charge in [-0.25, -0.2) is 0 Å². The third-order valence-electron chi connectivity index (χ3n) is 1.75. The molecule has 0 saturated carbocycles. The molecule has 78 valence electrons. The molecular weight excluding hydrogens is 168 g/mol. The van der Waals surface area contributed by atoms with Crippen molar-refractivity contribution in [2.45, 2.75) is 39.2 Å². The number of hydrogen-bond donors (Lipinski definition) is 0. The topological polar surface area (TPSA) is 35.5 Å². The molecule has 0 aromatic carbocycles. The molecule has 0 spiro atoms. The number of carbonyl (C=O) groups excluding carboxylic acids is 1. The molecule has 0 amide bonds. The second-order valence-electron chi connectivity index (χ2n) is 3.23. The van der Waals surface area contributed by atoms with Crippen LogP contribution in [0.5, 0.6) is 0 Å². The average molecular weight is 188 g/mol. The lowest BCUT2D eigenvalue weighted by atomic mass is 10.2. The normalized spacial score (nSPS) is 12.8. The molecule has 0 aromatic rings. The van der Waals surface area contributed by atoms with Gasteiger partial charge in [0.2, 0.25) is 0 Å². The van der Waals surface area contributed by atoms with E-state index in [-0.39, 0.29) is 18.5 Å². The van der Waals surface area contributed by atoms with Gasteiger partial charge < -0.3 is 9.47 Å². The Hall–Kier alpha value is -0.410. The van der Waals surface area contributed by atoms with E-state index < -0.39 is 0 Å². The fourth-order valence-corrected chi connectivity index (χ4v) is 1.07. The largest absolute Gasteiger partial charge is 0.382 e. The van der Waals surface area contributed by atoms with E-state index in [9.17, 15) is 4.79 Å². The number of methoxy groups -OCH3 is 1. The summed E-state index contributed by atoms with van der Waals surface area (Å²) in [5.41, 5.74) is 0. The summed E-state index contributed by atoms with van der Waals surface area (Å²) in [6.07, 6.45) is 3.31. The molecule has 0 rings (SSSR count). The minimum Gasteiger partial charge on any atom is -0.382 e. The van der Waals surface area contributed by atoms with Crippen molar-refractivity contribution in [3.8, 4) is 0 Å². The van der Waals surface area contributed by atoms with E-state index >= 15 is 0 Å². The Kier molecular flexibility index (Phi) is 7.94. The summed E-state index contributed by atoms with van der Waals surface area (Å²) in [7, 11) is 1.65. The van der Waals surface area contributed by atoms with E-state index in [1.807, 2.05) is 0 Å². The van der Waals surface area contributed by atoms with Crippen LogP contribution in [-0.4, -0.2) is 32.2 Å². The first-order chi connectivity index (χ1) is 6.20. The second kappa shape index (κ2) is 8.20. The molecule has 0 aliphatic heterocycles. The maximum Gasteiger partial charge on any atom is 0.155 e. The average Bonchev–Trinajstić information content (AvgIpc) is 2.09. The van der Waals surface area contributed by atoms with Crippen LogP contribution in [0.4, 0.5) is 0 Å². The van der Waals surface area contributed by atoms with Gasteiger partial charge in [0.25, 0.3) is 0 Å². The van der Waals surface area contributed by atoms with Gasteiger partial charge in [0.15, 0.2) is 5.78 Å². The molecule has 3 heteroatoms. The third-order valence-corrected chi connectivity index (χ3v) is 1.75. The molecule has 0 heterocycles. The molecule has 13 heavy (non-hydrogen) atoms. The van der Waals surface area contributed by atoms with E-state index in [1.54, 1.807) is 7.11 Å². The highest BCUT2D eigenvalue weighted by molar-refractivity contribution is 5.76. The minimum atomic E-state index is 0.0672. The summed E-state index contributed by atoms with van der Waals surface area (Å²) < 4.78 is 10.4. The molecule has 0 aromatic heterocycles. The van der Waals surface area contributed by atoms with Crippen LogP contribution in [0.1, 0.15) is 33.1 Å². The minimum absolute atomic E-state index is 0.0672. The summed E-state index contributed by atoms with van der Waals surface area (Å²) in [6.45, 7) is 4.45. The summed E-state index contributed by atoms with van der Waals surface area (Å²) in [5, 5.41) is 0. The van der Waals surface area contributed by atoms with E-state index in [4.69, 9.17) is 9.47 Å². The van der Waals surface area contributed by atoms with Gasteiger partial charge in [0, 0.05) is 7.11 Å². The van der Waals surface area contributed by atoms with Gasteiger partial charge in [-0.3, -0.25) is 4.79 Å². The first-order valence-electron chi connectivity index (χ1n) is 4.80. The van der Waals surface area contributed by atoms with Gasteiger partial charge in [0.05, 0.1) is 12.7 Å². The second-order valence-corrected chi connectivity index (χ2v) is 3.23. The molecule has 1 unspecified atom stereocenters. The Morgan fingerprint density at radius 1 is 1.46 bits per heavy atom. The Morgan fingerprint density at radius 3 is 2.62 bits per heavy atom. The Labute approximate surface area is 80.4 Å². The summed E-state index contributed by atoms with van der Waals surface area (Å²) >= 11 is 0. The number of carbonyl (C=O) groups is 1. The molecule has 0 saturated heterocycles. The monoisotopic (exact) mass is 188 g/mol. The number of unbranched alkanes of at least 4 members (excludes halogenated alkanes) is 1. The van der Waals surface area contributed by atoms with Crippen LogP contribution >= 0.6 is 0 Å². The predicted molar refractivity (Wildman–Crippen MR) is 51.8 cm³/mol. The number of Topliss-reactive ketones (excluding diaryl/α,β-unsaturated/α-hetero) is 1. The third kappa shape index (κ3) is 7.94. The van der Waals surface area contributed by atoms with E-state index in [2.05, 4.69) is 6.92 Å². The van der Waals surface area contributed by atoms with Crippen LogP contribution in [0.15, 0.2) is 0 Å². The summed E-state index contributed by atoms with van der Waals surface area (Å²) in [5.74, 6) is 0.0672. The highest BCUT2D eigenvalue weighted by Crippen LogP contribution is 2.05. The van der Waals surface area contributed by atoms with Crippen molar-refractivity contribution in [1.82, 2.24) is 0 Å². The molecule has 0 radical (unpaired) electrons. The van der Waals surface area contributed by atoms with Gasteiger partial charge in [-0.1, -0.05) is 19.8 Å². The van der Waals surface area contributed by atoms with Gasteiger partial charge >= 0.3 is 0 Å². The van der Waals surface area contributed by atoms with Crippen LogP contribution in [-0.2, 0) is 14.3 Å². The zero-order valence-corrected chi connectivity index (χ0v) is 8.84. The molecule has 0 fully saturated rings. The molecule has 0 aliphatic rings. The number of ether oxygens (including phenoxy) is 2. The molecule has 3 nitrogen and oxygen atoms in total. The van der Waals surface area contributed by atoms with Gasteiger partial charge in [-0.05, 0) is 13.3 Å². The van der Waals surface area contributed by atoms with Gasteiger partial charge in [-0.2, -0.15) is 0 Å². The van der Waals surface area contributed by atoms with Crippen LogP contribution in [0.25, 0.3) is 0 Å². The smallest absolute Gasteiger partial charge is 0.155 e. The van der Waals surface area contributed by atoms with Crippen molar-refractivity contribution >= 4 is 5.78 Å². The number of ketones is 1. The van der Waals surface area contributed by atoms with Crippen LogP contribution in [0.3, 0.4) is 0 Å². The zero-order valence-electron chi connectivity index (χ0n) is 8.84. The lowest BCUT2D eigenvalue weighted by Crippen LogP contribution is -2.22. The fourth-order valence-electron chi connectivity index (χ4n) is 1.07. The predicted octanol–water partition coefficient (Wildman–Crippen LogP) is 1.80. The standard InChI is InChI=1S/C10H20O3/c1-4-5-6-10(8-12-3)13-7-9(2)11/h10H,4-8H2,1-3H3. The maximum absolute atomic E-state index is 10.7. The fraction of sp³-hybridized carbons (Fsp3) is 0.900. The maximum atomic E-state index is 10.7. The molecule has 0 N–H and O–H groups in total. The van der Waals surface area contributed by atoms with Crippen LogP contribution in [0, 0.1) is 0 Å². The first kappa shape index (κ1) is 12.6. The lowest BCUT2D eigenvalue weighted by molar-refractivity contribution is -0.124. The Bertz CT molecular complexity index is 134. The molecule has 0 bridgehead atoms. The Morgan fingerprint density at radius 2 is 2.15 bits per heavy atom. The summed E-state index contributed by atoms with van der Waals surface area (Å²) in [6, 6.07) is 0. The number of rotatable bonds is 8.